The Kier molecular flexibility index (Phi) is 5.71. The van der Waals surface area contributed by atoms with E-state index >= 15 is 0 Å². The summed E-state index contributed by atoms with van der Waals surface area (Å²) >= 11 is 0. The Morgan fingerprint density at radius 3 is 2.39 bits per heavy atom. The van der Waals surface area contributed by atoms with Gasteiger partial charge >= 0.3 is 0 Å². The highest BCUT2D eigenvalue weighted by molar-refractivity contribution is 5.85. The fourth-order valence-electron chi connectivity index (χ4n) is 3.87. The highest BCUT2D eigenvalue weighted by Gasteiger charge is 2.18. The maximum atomic E-state index is 12.9. The molecule has 6 nitrogen and oxygen atoms in total. The first-order chi connectivity index (χ1) is 15.0. The second-order valence-corrected chi connectivity index (χ2v) is 7.73. The predicted molar refractivity (Wildman–Crippen MR) is 122 cm³/mol. The number of hydrogen-bond donors (Lipinski definition) is 1. The number of carbonyl (C=O) groups is 1. The van der Waals surface area contributed by atoms with E-state index in [9.17, 15) is 9.59 Å². The molecule has 31 heavy (non-hydrogen) atoms. The highest BCUT2D eigenvalue weighted by Crippen LogP contribution is 2.24. The van der Waals surface area contributed by atoms with Crippen LogP contribution in [-0.2, 0) is 24.3 Å². The molecule has 0 fully saturated rings. The topological polar surface area (TPSA) is 68.9 Å². The molecule has 0 spiro atoms. The van der Waals surface area contributed by atoms with Crippen molar-refractivity contribution in [3.05, 3.63) is 93.4 Å². The minimum atomic E-state index is -0.220. The van der Waals surface area contributed by atoms with Crippen molar-refractivity contribution in [3.8, 4) is 5.69 Å². The van der Waals surface area contributed by atoms with Crippen molar-refractivity contribution in [3.63, 3.8) is 0 Å². The number of amides is 1. The van der Waals surface area contributed by atoms with E-state index < -0.39 is 0 Å². The second kappa shape index (κ2) is 8.60. The van der Waals surface area contributed by atoms with Gasteiger partial charge in [-0.15, -0.1) is 0 Å². The van der Waals surface area contributed by atoms with Crippen LogP contribution in [0, 0.1) is 13.8 Å². The van der Waals surface area contributed by atoms with Gasteiger partial charge in [-0.2, -0.15) is 5.10 Å². The maximum absolute atomic E-state index is 12.9. The normalized spacial score (nSPS) is 11.1. The molecule has 0 aliphatic rings. The number of rotatable bonds is 6. The zero-order valence-electron chi connectivity index (χ0n) is 18.1. The van der Waals surface area contributed by atoms with Gasteiger partial charge in [-0.1, -0.05) is 49.4 Å². The van der Waals surface area contributed by atoms with E-state index in [0.29, 0.717) is 12.2 Å². The minimum absolute atomic E-state index is 0.0688. The summed E-state index contributed by atoms with van der Waals surface area (Å²) in [4.78, 5) is 25.6. The summed E-state index contributed by atoms with van der Waals surface area (Å²) in [6, 6.07) is 19.4. The molecular weight excluding hydrogens is 388 g/mol. The molecule has 0 atom stereocenters. The van der Waals surface area contributed by atoms with Crippen molar-refractivity contribution in [2.75, 3.05) is 0 Å². The van der Waals surface area contributed by atoms with Crippen LogP contribution in [0.3, 0.4) is 0 Å². The van der Waals surface area contributed by atoms with Gasteiger partial charge in [0.2, 0.25) is 5.91 Å². The molecule has 2 aromatic carbocycles. The van der Waals surface area contributed by atoms with Gasteiger partial charge in [0.15, 0.2) is 0 Å². The number of aryl methyl sites for hydroxylation is 3. The number of nitrogens with one attached hydrogen (secondary N) is 1. The van der Waals surface area contributed by atoms with E-state index in [0.717, 1.165) is 34.3 Å². The van der Waals surface area contributed by atoms with Gasteiger partial charge in [-0.25, -0.2) is 4.68 Å². The maximum Gasteiger partial charge on any atom is 0.252 e. The zero-order valence-corrected chi connectivity index (χ0v) is 18.1. The number of hydrogen-bond acceptors (Lipinski definition) is 3. The summed E-state index contributed by atoms with van der Waals surface area (Å²) in [5.41, 5.74) is 5.20. The predicted octanol–water partition coefficient (Wildman–Crippen LogP) is 3.68. The minimum Gasteiger partial charge on any atom is -0.350 e. The van der Waals surface area contributed by atoms with Crippen LogP contribution in [-0.4, -0.2) is 20.3 Å². The lowest BCUT2D eigenvalue weighted by molar-refractivity contribution is -0.121. The number of nitrogens with zero attached hydrogens (tertiary/aromatic N) is 3. The van der Waals surface area contributed by atoms with Crippen LogP contribution in [0.25, 0.3) is 16.7 Å². The number of carbonyl (C=O) groups excluding carboxylic acids is 1. The number of aromatic nitrogens is 3. The highest BCUT2D eigenvalue weighted by atomic mass is 16.2. The average molecular weight is 415 g/mol. The molecule has 6 heteroatoms. The molecule has 0 unspecified atom stereocenters. The lowest BCUT2D eigenvalue weighted by atomic mass is 10.1. The van der Waals surface area contributed by atoms with Crippen molar-refractivity contribution < 1.29 is 4.79 Å². The first-order valence-electron chi connectivity index (χ1n) is 10.5. The first-order valence-corrected chi connectivity index (χ1v) is 10.5. The zero-order chi connectivity index (χ0) is 22.0. The smallest absolute Gasteiger partial charge is 0.252 e. The molecule has 0 radical (unpaired) electrons. The Morgan fingerprint density at radius 2 is 1.71 bits per heavy atom. The van der Waals surface area contributed by atoms with Gasteiger partial charge in [0.1, 0.15) is 12.2 Å². The van der Waals surface area contributed by atoms with Crippen LogP contribution < -0.4 is 10.9 Å². The molecule has 2 aromatic heterocycles. The van der Waals surface area contributed by atoms with Crippen molar-refractivity contribution >= 4 is 16.9 Å². The van der Waals surface area contributed by atoms with E-state index in [1.165, 1.54) is 10.1 Å². The fraction of sp³-hybridized carbons (Fsp3) is 0.240. The average Bonchev–Trinajstić information content (AvgIpc) is 3.13. The molecule has 0 bridgehead atoms. The molecule has 4 aromatic rings. The Morgan fingerprint density at radius 1 is 1.00 bits per heavy atom. The molecule has 1 N–H and O–H groups in total. The van der Waals surface area contributed by atoms with E-state index in [1.807, 2.05) is 56.3 Å². The third kappa shape index (κ3) is 4.14. The third-order valence-electron chi connectivity index (χ3n) is 5.52. The van der Waals surface area contributed by atoms with E-state index in [-0.39, 0.29) is 18.0 Å². The van der Waals surface area contributed by atoms with Crippen molar-refractivity contribution in [2.45, 2.75) is 40.3 Å². The molecule has 2 heterocycles. The lowest BCUT2D eigenvalue weighted by Gasteiger charge is -2.13. The lowest BCUT2D eigenvalue weighted by Crippen LogP contribution is -2.32. The summed E-state index contributed by atoms with van der Waals surface area (Å²) in [7, 11) is 0. The van der Waals surface area contributed by atoms with Crippen molar-refractivity contribution in [2.24, 2.45) is 0 Å². The quantitative estimate of drug-likeness (QED) is 0.523. The van der Waals surface area contributed by atoms with Gasteiger partial charge in [-0.3, -0.25) is 14.2 Å². The summed E-state index contributed by atoms with van der Waals surface area (Å²) in [6.07, 6.45) is 0.949. The van der Waals surface area contributed by atoms with Crippen LogP contribution in [0.5, 0.6) is 0 Å². The van der Waals surface area contributed by atoms with Crippen LogP contribution in [0.4, 0.5) is 0 Å². The molecule has 0 saturated carbocycles. The summed E-state index contributed by atoms with van der Waals surface area (Å²) in [6.45, 7) is 6.29. The van der Waals surface area contributed by atoms with Gasteiger partial charge in [0.05, 0.1) is 11.4 Å². The van der Waals surface area contributed by atoms with E-state index in [2.05, 4.69) is 24.4 Å². The van der Waals surface area contributed by atoms with Gasteiger partial charge in [0.25, 0.3) is 5.56 Å². The fourth-order valence-corrected chi connectivity index (χ4v) is 3.87. The monoisotopic (exact) mass is 414 g/mol. The standard InChI is InChI=1S/C25H26N4O2/c1-4-19-10-12-21(13-11-19)29-25-24(18(3)27-29)17(2)14-23(31)28(25)16-22(30)26-15-20-8-6-5-7-9-20/h5-14H,4,15-16H2,1-3H3,(H,26,30). The molecule has 0 aliphatic carbocycles. The van der Waals surface area contributed by atoms with Crippen LogP contribution >= 0.6 is 0 Å². The first kappa shape index (κ1) is 20.6. The van der Waals surface area contributed by atoms with E-state index in [1.54, 1.807) is 10.7 Å². The third-order valence-corrected chi connectivity index (χ3v) is 5.52. The molecule has 4 rings (SSSR count). The number of benzene rings is 2. The van der Waals surface area contributed by atoms with Crippen molar-refractivity contribution in [1.82, 2.24) is 19.7 Å². The molecule has 1 amide bonds. The molecular formula is C25H26N4O2. The molecule has 158 valence electrons. The summed E-state index contributed by atoms with van der Waals surface area (Å²) in [5, 5.41) is 8.51. The van der Waals surface area contributed by atoms with Crippen LogP contribution in [0.2, 0.25) is 0 Å². The van der Waals surface area contributed by atoms with Gasteiger partial charge in [-0.05, 0) is 49.1 Å². The Bertz CT molecular complexity index is 1290. The Hall–Kier alpha value is -3.67. The second-order valence-electron chi connectivity index (χ2n) is 7.73. The van der Waals surface area contributed by atoms with Crippen LogP contribution in [0.15, 0.2) is 65.5 Å². The SMILES string of the molecule is CCc1ccc(-n2nc(C)c3c(C)cc(=O)n(CC(=O)NCc4ccccc4)c32)cc1. The number of pyridine rings is 1. The summed E-state index contributed by atoms with van der Waals surface area (Å²) in [5.74, 6) is -0.220. The Balaban J connectivity index is 1.73. The summed E-state index contributed by atoms with van der Waals surface area (Å²) < 4.78 is 3.28. The largest absolute Gasteiger partial charge is 0.350 e. The van der Waals surface area contributed by atoms with Gasteiger partial charge < -0.3 is 5.32 Å². The van der Waals surface area contributed by atoms with Crippen LogP contribution in [0.1, 0.15) is 29.3 Å². The molecule has 0 saturated heterocycles. The van der Waals surface area contributed by atoms with Gasteiger partial charge in [0, 0.05) is 18.0 Å². The van der Waals surface area contributed by atoms with E-state index in [4.69, 9.17) is 5.10 Å². The molecule has 0 aliphatic heterocycles. The van der Waals surface area contributed by atoms with Crippen molar-refractivity contribution in [1.29, 1.82) is 0 Å². The number of fused-ring (bicyclic) bond motifs is 1. The Labute approximate surface area is 181 Å².